The molecule has 5 rings (SSSR count). The highest BCUT2D eigenvalue weighted by atomic mass is 35.5. The first-order valence-electron chi connectivity index (χ1n) is 14.2. The fourth-order valence-electron chi connectivity index (χ4n) is 6.22. The Kier molecular flexibility index (Phi) is 9.00. The van der Waals surface area contributed by atoms with Gasteiger partial charge >= 0.3 is 17.8 Å². The normalized spacial score (nSPS) is 22.9. The van der Waals surface area contributed by atoms with Crippen molar-refractivity contribution < 1.29 is 29.0 Å². The fourth-order valence-corrected chi connectivity index (χ4v) is 6.38. The van der Waals surface area contributed by atoms with Crippen molar-refractivity contribution in [2.75, 3.05) is 55.4 Å². The van der Waals surface area contributed by atoms with E-state index in [1.54, 1.807) is 48.4 Å². The van der Waals surface area contributed by atoms with Gasteiger partial charge in [-0.2, -0.15) is 0 Å². The van der Waals surface area contributed by atoms with Crippen LogP contribution in [0.3, 0.4) is 0 Å². The third kappa shape index (κ3) is 6.23. The van der Waals surface area contributed by atoms with Crippen molar-refractivity contribution in [2.45, 2.75) is 50.3 Å². The van der Waals surface area contributed by atoms with Gasteiger partial charge in [-0.25, -0.2) is 4.79 Å². The van der Waals surface area contributed by atoms with Crippen LogP contribution in [0, 0.1) is 0 Å². The van der Waals surface area contributed by atoms with E-state index in [4.69, 9.17) is 22.1 Å². The molecule has 2 saturated heterocycles. The summed E-state index contributed by atoms with van der Waals surface area (Å²) in [6, 6.07) is 11.0. The van der Waals surface area contributed by atoms with Crippen LogP contribution in [-0.4, -0.2) is 96.6 Å². The van der Waals surface area contributed by atoms with E-state index in [2.05, 4.69) is 4.90 Å². The molecule has 2 aliphatic heterocycles. The van der Waals surface area contributed by atoms with Crippen LogP contribution in [-0.2, 0) is 30.3 Å². The van der Waals surface area contributed by atoms with Crippen LogP contribution in [0.2, 0.25) is 5.02 Å². The molecule has 3 amide bonds. The Bertz CT molecular complexity index is 1350. The molecule has 1 aliphatic carbocycles. The first-order chi connectivity index (χ1) is 20.2. The van der Waals surface area contributed by atoms with E-state index < -0.39 is 23.8 Å². The SMILES string of the molecule is COC1CCC(N2CCN(c3ccc(CC(C(=O)O)N4CCN(c5cc(Cl)ccc5N)C(=O)C4=O)cc3)C(=O)C2)CC1. The predicted molar refractivity (Wildman–Crippen MR) is 158 cm³/mol. The van der Waals surface area contributed by atoms with Crippen molar-refractivity contribution in [3.8, 4) is 0 Å². The van der Waals surface area contributed by atoms with Crippen LogP contribution in [0.15, 0.2) is 42.5 Å². The molecule has 2 heterocycles. The van der Waals surface area contributed by atoms with Crippen molar-refractivity contribution in [2.24, 2.45) is 0 Å². The number of anilines is 3. The molecule has 42 heavy (non-hydrogen) atoms. The molecular weight excluding hydrogens is 562 g/mol. The van der Waals surface area contributed by atoms with Gasteiger partial charge in [-0.3, -0.25) is 19.3 Å². The van der Waals surface area contributed by atoms with Crippen LogP contribution < -0.4 is 15.5 Å². The second-order valence-corrected chi connectivity index (χ2v) is 11.5. The molecule has 1 unspecified atom stereocenters. The lowest BCUT2D eigenvalue weighted by molar-refractivity contribution is -0.155. The zero-order chi connectivity index (χ0) is 30.0. The van der Waals surface area contributed by atoms with E-state index in [1.807, 2.05) is 0 Å². The summed E-state index contributed by atoms with van der Waals surface area (Å²) in [6.07, 6.45) is 4.42. The smallest absolute Gasteiger partial charge is 0.326 e. The molecule has 0 aromatic heterocycles. The van der Waals surface area contributed by atoms with Gasteiger partial charge in [0.25, 0.3) is 0 Å². The van der Waals surface area contributed by atoms with E-state index in [-0.39, 0.29) is 31.1 Å². The minimum Gasteiger partial charge on any atom is -0.480 e. The lowest BCUT2D eigenvalue weighted by Gasteiger charge is -2.41. The average molecular weight is 598 g/mol. The summed E-state index contributed by atoms with van der Waals surface area (Å²) in [4.78, 5) is 57.7. The number of ether oxygens (including phenoxy) is 1. The summed E-state index contributed by atoms with van der Waals surface area (Å²) in [6.45, 7) is 1.85. The number of carbonyl (C=O) groups is 4. The average Bonchev–Trinajstić information content (AvgIpc) is 2.99. The number of carboxylic acid groups (broad SMARTS) is 1. The van der Waals surface area contributed by atoms with Gasteiger partial charge in [-0.05, 0) is 61.6 Å². The molecule has 3 fully saturated rings. The Morgan fingerprint density at radius 1 is 0.976 bits per heavy atom. The van der Waals surface area contributed by atoms with Gasteiger partial charge in [0.05, 0.1) is 24.0 Å². The Morgan fingerprint density at radius 2 is 1.67 bits per heavy atom. The van der Waals surface area contributed by atoms with E-state index in [0.29, 0.717) is 41.5 Å². The molecule has 3 N–H and O–H groups in total. The number of aliphatic carboxylic acids is 1. The largest absolute Gasteiger partial charge is 0.480 e. The molecule has 0 radical (unpaired) electrons. The van der Waals surface area contributed by atoms with Gasteiger partial charge in [0, 0.05) is 56.5 Å². The number of carbonyl (C=O) groups excluding carboxylic acids is 3. The van der Waals surface area contributed by atoms with Gasteiger partial charge < -0.3 is 30.3 Å². The zero-order valence-corrected chi connectivity index (χ0v) is 24.3. The van der Waals surface area contributed by atoms with Crippen molar-refractivity contribution >= 4 is 52.4 Å². The van der Waals surface area contributed by atoms with Gasteiger partial charge in [0.15, 0.2) is 0 Å². The van der Waals surface area contributed by atoms with E-state index in [9.17, 15) is 24.3 Å². The Hall–Kier alpha value is -3.67. The number of nitrogens with two attached hydrogens (primary N) is 1. The van der Waals surface area contributed by atoms with Crippen LogP contribution in [0.4, 0.5) is 17.1 Å². The number of rotatable bonds is 8. The highest BCUT2D eigenvalue weighted by Gasteiger charge is 2.40. The van der Waals surface area contributed by atoms with Gasteiger partial charge in [-0.15, -0.1) is 0 Å². The van der Waals surface area contributed by atoms with Gasteiger partial charge in [0.2, 0.25) is 5.91 Å². The minimum absolute atomic E-state index is 0.0137. The zero-order valence-electron chi connectivity index (χ0n) is 23.6. The molecule has 2 aromatic carbocycles. The number of nitrogens with zero attached hydrogens (tertiary/aromatic N) is 4. The third-order valence-electron chi connectivity index (χ3n) is 8.62. The van der Waals surface area contributed by atoms with Gasteiger partial charge in [-0.1, -0.05) is 23.7 Å². The highest BCUT2D eigenvalue weighted by Crippen LogP contribution is 2.30. The predicted octanol–water partition coefficient (Wildman–Crippen LogP) is 2.40. The molecule has 0 spiro atoms. The van der Waals surface area contributed by atoms with Crippen LogP contribution in [0.25, 0.3) is 0 Å². The molecule has 224 valence electrons. The molecule has 11 nitrogen and oxygen atoms in total. The summed E-state index contributed by atoms with van der Waals surface area (Å²) < 4.78 is 5.47. The summed E-state index contributed by atoms with van der Waals surface area (Å²) in [5, 5.41) is 10.4. The number of methoxy groups -OCH3 is 1. The second kappa shape index (κ2) is 12.7. The number of hydrogen-bond acceptors (Lipinski definition) is 7. The van der Waals surface area contributed by atoms with Crippen molar-refractivity contribution in [1.29, 1.82) is 0 Å². The lowest BCUT2D eigenvalue weighted by atomic mass is 9.91. The van der Waals surface area contributed by atoms with Crippen LogP contribution >= 0.6 is 11.6 Å². The topological polar surface area (TPSA) is 137 Å². The van der Waals surface area contributed by atoms with E-state index in [1.165, 1.54) is 11.0 Å². The maximum absolute atomic E-state index is 13.1. The molecule has 1 atom stereocenters. The fraction of sp³-hybridized carbons (Fsp3) is 0.467. The first-order valence-corrected chi connectivity index (χ1v) is 14.6. The van der Waals surface area contributed by atoms with Crippen LogP contribution in [0.5, 0.6) is 0 Å². The number of carboxylic acids is 1. The maximum Gasteiger partial charge on any atom is 0.326 e. The molecular formula is C30H36ClN5O6. The number of benzene rings is 2. The summed E-state index contributed by atoms with van der Waals surface area (Å²) in [7, 11) is 1.75. The first kappa shape index (κ1) is 29.8. The van der Waals surface area contributed by atoms with E-state index >= 15 is 0 Å². The Labute approximate surface area is 249 Å². The maximum atomic E-state index is 13.1. The number of nitrogen functional groups attached to an aromatic ring is 1. The Morgan fingerprint density at radius 3 is 2.31 bits per heavy atom. The summed E-state index contributed by atoms with van der Waals surface area (Å²) in [5.74, 6) is -2.94. The quantitative estimate of drug-likeness (QED) is 0.350. The van der Waals surface area contributed by atoms with Crippen molar-refractivity contribution in [1.82, 2.24) is 9.80 Å². The highest BCUT2D eigenvalue weighted by molar-refractivity contribution is 6.41. The number of amides is 3. The molecule has 2 aromatic rings. The molecule has 3 aliphatic rings. The van der Waals surface area contributed by atoms with Crippen molar-refractivity contribution in [3.05, 3.63) is 53.1 Å². The van der Waals surface area contributed by atoms with Crippen molar-refractivity contribution in [3.63, 3.8) is 0 Å². The Balaban J connectivity index is 1.21. The third-order valence-corrected chi connectivity index (χ3v) is 8.85. The summed E-state index contributed by atoms with van der Waals surface area (Å²) in [5.41, 5.74) is 8.02. The van der Waals surface area contributed by atoms with E-state index in [0.717, 1.165) is 42.8 Å². The second-order valence-electron chi connectivity index (χ2n) is 11.1. The molecule has 1 saturated carbocycles. The van der Waals surface area contributed by atoms with Crippen LogP contribution in [0.1, 0.15) is 31.2 Å². The molecule has 0 bridgehead atoms. The monoisotopic (exact) mass is 597 g/mol. The number of halogens is 1. The lowest BCUT2D eigenvalue weighted by Crippen LogP contribution is -2.59. The molecule has 12 heteroatoms. The van der Waals surface area contributed by atoms with Gasteiger partial charge in [0.1, 0.15) is 6.04 Å². The summed E-state index contributed by atoms with van der Waals surface area (Å²) >= 11 is 6.05. The number of hydrogen-bond donors (Lipinski definition) is 2. The standard InChI is InChI=1S/C30H36ClN5O6/c1-42-23-9-7-21(8-10-23)33-12-13-34(27(37)18-33)22-5-2-19(3-6-22)16-26(30(40)41)36-15-14-35(28(38)29(36)39)25-17-20(31)4-11-24(25)32/h2-6,11,17,21,23,26H,7-10,12-16,18,32H2,1H3,(H,40,41). The minimum atomic E-state index is -1.23. The number of piperazine rings is 2.